The van der Waals surface area contributed by atoms with Crippen molar-refractivity contribution in [2.45, 2.75) is 37.8 Å². The molecule has 0 spiro atoms. The van der Waals surface area contributed by atoms with Crippen molar-refractivity contribution in [3.8, 4) is 0 Å². The van der Waals surface area contributed by atoms with E-state index in [1.807, 2.05) is 0 Å². The van der Waals surface area contributed by atoms with E-state index in [2.05, 4.69) is 10.4 Å². The van der Waals surface area contributed by atoms with Crippen molar-refractivity contribution < 1.29 is 23.9 Å². The van der Waals surface area contributed by atoms with Crippen LogP contribution in [0.2, 0.25) is 0 Å². The first-order valence-corrected chi connectivity index (χ1v) is 11.6. The number of likely N-dealkylation sites (tertiary alicyclic amines) is 1. The van der Waals surface area contributed by atoms with Crippen LogP contribution in [0.4, 0.5) is 0 Å². The number of amides is 4. The first-order chi connectivity index (χ1) is 16.4. The van der Waals surface area contributed by atoms with E-state index in [-0.39, 0.29) is 47.9 Å². The quantitative estimate of drug-likeness (QED) is 0.665. The molecule has 3 aliphatic heterocycles. The molecule has 10 heteroatoms. The molecule has 1 atom stereocenters. The molecule has 4 amide bonds. The number of hydrogen-bond donors (Lipinski definition) is 1. The third-order valence-corrected chi connectivity index (χ3v) is 6.71. The fourth-order valence-electron chi connectivity index (χ4n) is 4.80. The highest BCUT2D eigenvalue weighted by Crippen LogP contribution is 2.27. The second-order valence-electron chi connectivity index (χ2n) is 9.06. The number of benzene rings is 1. The van der Waals surface area contributed by atoms with E-state index >= 15 is 0 Å². The van der Waals surface area contributed by atoms with Crippen LogP contribution in [0.3, 0.4) is 0 Å². The van der Waals surface area contributed by atoms with Gasteiger partial charge in [0.2, 0.25) is 0 Å². The number of nitrogens with one attached hydrogen (secondary N) is 1. The highest BCUT2D eigenvalue weighted by molar-refractivity contribution is 6.22. The van der Waals surface area contributed by atoms with Crippen molar-refractivity contribution in [1.82, 2.24) is 24.9 Å². The molecule has 1 unspecified atom stereocenters. The summed E-state index contributed by atoms with van der Waals surface area (Å²) in [5.74, 6) is -1.06. The van der Waals surface area contributed by atoms with Crippen LogP contribution in [0.5, 0.6) is 0 Å². The summed E-state index contributed by atoms with van der Waals surface area (Å²) >= 11 is 0. The largest absolute Gasteiger partial charge is 0.376 e. The summed E-state index contributed by atoms with van der Waals surface area (Å²) in [6.07, 6.45) is 6.09. The number of aryl methyl sites for hydroxylation is 1. The van der Waals surface area contributed by atoms with Crippen molar-refractivity contribution in [3.05, 3.63) is 52.8 Å². The molecular formula is C24H27N5O5. The Kier molecular flexibility index (Phi) is 5.91. The minimum atomic E-state index is -0.373. The third-order valence-electron chi connectivity index (χ3n) is 6.71. The van der Waals surface area contributed by atoms with Crippen molar-refractivity contribution >= 4 is 23.6 Å². The van der Waals surface area contributed by atoms with E-state index in [0.29, 0.717) is 49.2 Å². The van der Waals surface area contributed by atoms with Gasteiger partial charge in [0.1, 0.15) is 0 Å². The standard InChI is InChI=1S/C24H27N5O5/c1-27-13-16(12-25-27)21(30)26-17-6-8-28(9-7-17)22(31)15-4-5-19-20(11-15)24(33)29(23(19)32)14-18-3-2-10-34-18/h4-5,11-13,17-18H,2-3,6-10,14H2,1H3,(H,26,30). The summed E-state index contributed by atoms with van der Waals surface area (Å²) in [6, 6.07) is 4.68. The van der Waals surface area contributed by atoms with E-state index in [9.17, 15) is 19.2 Å². The zero-order valence-electron chi connectivity index (χ0n) is 19.0. The molecule has 1 aromatic heterocycles. The number of imide groups is 1. The van der Waals surface area contributed by atoms with Crippen LogP contribution < -0.4 is 5.32 Å². The SMILES string of the molecule is Cn1cc(C(=O)NC2CCN(C(=O)c3ccc4c(c3)C(=O)N(CC3CCCO3)C4=O)CC2)cn1. The maximum Gasteiger partial charge on any atom is 0.261 e. The zero-order chi connectivity index (χ0) is 23.8. The Bertz CT molecular complexity index is 1140. The summed E-state index contributed by atoms with van der Waals surface area (Å²) in [7, 11) is 1.75. The lowest BCUT2D eigenvalue weighted by Gasteiger charge is -2.32. The van der Waals surface area contributed by atoms with Gasteiger partial charge in [-0.25, -0.2) is 0 Å². The van der Waals surface area contributed by atoms with E-state index in [4.69, 9.17) is 4.74 Å². The number of aromatic nitrogens is 2. The van der Waals surface area contributed by atoms with Gasteiger partial charge in [-0.05, 0) is 43.9 Å². The fraction of sp³-hybridized carbons (Fsp3) is 0.458. The number of ether oxygens (including phenoxy) is 1. The molecule has 0 bridgehead atoms. The first-order valence-electron chi connectivity index (χ1n) is 11.6. The molecule has 3 aliphatic rings. The summed E-state index contributed by atoms with van der Waals surface area (Å²) in [5, 5.41) is 7.01. The van der Waals surface area contributed by atoms with E-state index in [1.54, 1.807) is 35.0 Å². The second-order valence-corrected chi connectivity index (χ2v) is 9.06. The molecule has 1 aromatic carbocycles. The Balaban J connectivity index is 1.20. The molecule has 2 saturated heterocycles. The molecule has 1 N–H and O–H groups in total. The van der Waals surface area contributed by atoms with Gasteiger partial charge < -0.3 is 15.0 Å². The maximum absolute atomic E-state index is 13.1. The second kappa shape index (κ2) is 9.02. The first kappa shape index (κ1) is 22.3. The Hall–Kier alpha value is -3.53. The predicted molar refractivity (Wildman–Crippen MR) is 120 cm³/mol. The molecule has 5 rings (SSSR count). The van der Waals surface area contributed by atoms with Gasteiger partial charge in [-0.1, -0.05) is 0 Å². The summed E-state index contributed by atoms with van der Waals surface area (Å²) in [5.41, 5.74) is 1.49. The van der Waals surface area contributed by atoms with Gasteiger partial charge in [-0.2, -0.15) is 5.10 Å². The van der Waals surface area contributed by atoms with Crippen molar-refractivity contribution in [1.29, 1.82) is 0 Å². The molecule has 10 nitrogen and oxygen atoms in total. The smallest absolute Gasteiger partial charge is 0.261 e. The number of carbonyl (C=O) groups is 4. The molecule has 2 fully saturated rings. The van der Waals surface area contributed by atoms with Gasteiger partial charge in [0.05, 0.1) is 35.5 Å². The highest BCUT2D eigenvalue weighted by Gasteiger charge is 2.38. The number of rotatable bonds is 5. The topological polar surface area (TPSA) is 114 Å². The molecule has 2 aromatic rings. The Morgan fingerprint density at radius 2 is 1.85 bits per heavy atom. The highest BCUT2D eigenvalue weighted by atomic mass is 16.5. The number of fused-ring (bicyclic) bond motifs is 1. The normalized spacial score (nSPS) is 20.7. The Labute approximate surface area is 196 Å². The predicted octanol–water partition coefficient (Wildman–Crippen LogP) is 1.23. The van der Waals surface area contributed by atoms with Gasteiger partial charge in [-0.3, -0.25) is 28.8 Å². The average molecular weight is 466 g/mol. The van der Waals surface area contributed by atoms with Gasteiger partial charge in [0.25, 0.3) is 23.6 Å². The van der Waals surface area contributed by atoms with E-state index in [1.165, 1.54) is 17.2 Å². The zero-order valence-corrected chi connectivity index (χ0v) is 19.0. The van der Waals surface area contributed by atoms with Gasteiger partial charge >= 0.3 is 0 Å². The van der Waals surface area contributed by atoms with Crippen LogP contribution in [0, 0.1) is 0 Å². The lowest BCUT2D eigenvalue weighted by molar-refractivity contribution is 0.0475. The summed E-state index contributed by atoms with van der Waals surface area (Å²) in [4.78, 5) is 54.0. The minimum Gasteiger partial charge on any atom is -0.376 e. The fourth-order valence-corrected chi connectivity index (χ4v) is 4.80. The van der Waals surface area contributed by atoms with E-state index in [0.717, 1.165) is 12.8 Å². The van der Waals surface area contributed by atoms with Gasteiger partial charge in [0.15, 0.2) is 0 Å². The molecule has 0 radical (unpaired) electrons. The van der Waals surface area contributed by atoms with Gasteiger partial charge in [-0.15, -0.1) is 0 Å². The van der Waals surface area contributed by atoms with Crippen LogP contribution >= 0.6 is 0 Å². The molecule has 34 heavy (non-hydrogen) atoms. The minimum absolute atomic E-state index is 0.0256. The summed E-state index contributed by atoms with van der Waals surface area (Å²) in [6.45, 7) is 1.88. The molecule has 0 saturated carbocycles. The maximum atomic E-state index is 13.1. The van der Waals surface area contributed by atoms with E-state index < -0.39 is 0 Å². The number of nitrogens with zero attached hydrogens (tertiary/aromatic N) is 4. The number of carbonyl (C=O) groups excluding carboxylic acids is 4. The van der Waals surface area contributed by atoms with Gasteiger partial charge in [0, 0.05) is 44.5 Å². The Morgan fingerprint density at radius 3 is 2.53 bits per heavy atom. The average Bonchev–Trinajstić information content (AvgIpc) is 3.57. The number of hydrogen-bond acceptors (Lipinski definition) is 6. The third kappa shape index (κ3) is 4.21. The number of piperidine rings is 1. The van der Waals surface area contributed by atoms with Crippen molar-refractivity contribution in [2.75, 3.05) is 26.2 Å². The van der Waals surface area contributed by atoms with Crippen LogP contribution in [0.25, 0.3) is 0 Å². The van der Waals surface area contributed by atoms with Crippen LogP contribution in [-0.2, 0) is 11.8 Å². The molecule has 0 aliphatic carbocycles. The molecular weight excluding hydrogens is 438 g/mol. The van der Waals surface area contributed by atoms with Crippen LogP contribution in [0.1, 0.15) is 67.1 Å². The summed E-state index contributed by atoms with van der Waals surface area (Å²) < 4.78 is 7.15. The molecule has 178 valence electrons. The lowest BCUT2D eigenvalue weighted by atomic mass is 10.0. The van der Waals surface area contributed by atoms with Crippen LogP contribution in [0.15, 0.2) is 30.6 Å². The monoisotopic (exact) mass is 465 g/mol. The van der Waals surface area contributed by atoms with Crippen molar-refractivity contribution in [3.63, 3.8) is 0 Å². The molecule has 4 heterocycles. The van der Waals surface area contributed by atoms with Crippen LogP contribution in [-0.4, -0.2) is 81.6 Å². The Morgan fingerprint density at radius 1 is 1.09 bits per heavy atom. The van der Waals surface area contributed by atoms with Crippen molar-refractivity contribution in [2.24, 2.45) is 7.05 Å². The lowest BCUT2D eigenvalue weighted by Crippen LogP contribution is -2.46.